The van der Waals surface area contributed by atoms with E-state index in [9.17, 15) is 0 Å². The summed E-state index contributed by atoms with van der Waals surface area (Å²) in [7, 11) is 0. The number of benzene rings is 1. The third kappa shape index (κ3) is 0.469. The smallest absolute Gasteiger partial charge is 0.110 e. The molecule has 1 aromatic carbocycles. The second-order valence-corrected chi connectivity index (χ2v) is 3.00. The minimum atomic E-state index is 0.469. The molecule has 1 heterocycles. The quantitative estimate of drug-likeness (QED) is 0.489. The molecule has 1 saturated heterocycles. The summed E-state index contributed by atoms with van der Waals surface area (Å²) in [6.45, 7) is 0. The summed E-state index contributed by atoms with van der Waals surface area (Å²) in [5.74, 6) is 0. The molecule has 0 aromatic heterocycles. The Morgan fingerprint density at radius 1 is 1.30 bits per heavy atom. The summed E-state index contributed by atoms with van der Waals surface area (Å²) in [4.78, 5) is 0. The van der Waals surface area contributed by atoms with Crippen molar-refractivity contribution in [3.63, 3.8) is 0 Å². The zero-order valence-corrected chi connectivity index (χ0v) is 5.58. The Hall–Kier alpha value is -0.820. The van der Waals surface area contributed by atoms with Gasteiger partial charge < -0.3 is 4.74 Å². The minimum absolute atomic E-state index is 0.469. The van der Waals surface area contributed by atoms with Gasteiger partial charge in [0.2, 0.25) is 0 Å². The SMILES string of the molecule is c1ccc2c(c1)C[C@H]1O[C@H]21. The van der Waals surface area contributed by atoms with E-state index in [0.29, 0.717) is 12.2 Å². The molecule has 0 saturated carbocycles. The number of fused-ring (bicyclic) bond motifs is 3. The lowest BCUT2D eigenvalue weighted by molar-refractivity contribution is 0.361. The van der Waals surface area contributed by atoms with Crippen LogP contribution >= 0.6 is 0 Å². The average molecular weight is 132 g/mol. The molecule has 10 heavy (non-hydrogen) atoms. The van der Waals surface area contributed by atoms with Crippen molar-refractivity contribution in [1.82, 2.24) is 0 Å². The number of ether oxygens (including phenoxy) is 1. The van der Waals surface area contributed by atoms with Crippen LogP contribution < -0.4 is 0 Å². The van der Waals surface area contributed by atoms with Crippen molar-refractivity contribution in [2.24, 2.45) is 0 Å². The van der Waals surface area contributed by atoms with Crippen LogP contribution in [-0.2, 0) is 11.2 Å². The van der Waals surface area contributed by atoms with Crippen LogP contribution in [0.25, 0.3) is 0 Å². The molecule has 0 N–H and O–H groups in total. The highest BCUT2D eigenvalue weighted by atomic mass is 16.6. The second kappa shape index (κ2) is 1.43. The average Bonchev–Trinajstić information content (AvgIpc) is 2.64. The Labute approximate surface area is 59.6 Å². The van der Waals surface area contributed by atoms with Gasteiger partial charge in [0.25, 0.3) is 0 Å². The normalized spacial score (nSPS) is 33.2. The van der Waals surface area contributed by atoms with Gasteiger partial charge in [-0.05, 0) is 11.1 Å². The highest BCUT2D eigenvalue weighted by molar-refractivity contribution is 5.38. The molecule has 1 nitrogen and oxygen atoms in total. The predicted octanol–water partition coefficient (Wildman–Crippen LogP) is 1.68. The van der Waals surface area contributed by atoms with E-state index in [1.807, 2.05) is 0 Å². The zero-order chi connectivity index (χ0) is 6.55. The van der Waals surface area contributed by atoms with E-state index < -0.39 is 0 Å². The maximum atomic E-state index is 5.38. The molecule has 1 heteroatoms. The van der Waals surface area contributed by atoms with Crippen molar-refractivity contribution >= 4 is 0 Å². The predicted molar refractivity (Wildman–Crippen MR) is 37.8 cm³/mol. The molecule has 1 aliphatic heterocycles. The van der Waals surface area contributed by atoms with E-state index >= 15 is 0 Å². The maximum absolute atomic E-state index is 5.38. The Balaban J connectivity index is 2.22. The number of rotatable bonds is 0. The molecule has 1 aliphatic carbocycles. The van der Waals surface area contributed by atoms with Crippen molar-refractivity contribution in [2.45, 2.75) is 18.6 Å². The van der Waals surface area contributed by atoms with E-state index in [4.69, 9.17) is 4.74 Å². The van der Waals surface area contributed by atoms with Crippen molar-refractivity contribution in [2.75, 3.05) is 0 Å². The lowest BCUT2D eigenvalue weighted by atomic mass is 10.1. The summed E-state index contributed by atoms with van der Waals surface area (Å²) in [6.07, 6.45) is 2.15. The van der Waals surface area contributed by atoms with Crippen LogP contribution in [0.15, 0.2) is 24.3 Å². The lowest BCUT2D eigenvalue weighted by Gasteiger charge is -1.98. The standard InChI is InChI=1S/C9H8O/c1-2-4-7-6(3-1)5-8-9(7)10-8/h1-4,8-9H,5H2/t8-,9-/m1/s1. The van der Waals surface area contributed by atoms with E-state index in [1.54, 1.807) is 0 Å². The molecular formula is C9H8O. The fourth-order valence-corrected chi connectivity index (χ4v) is 1.79. The van der Waals surface area contributed by atoms with Crippen LogP contribution in [-0.4, -0.2) is 6.10 Å². The van der Waals surface area contributed by atoms with Gasteiger partial charge in [-0.3, -0.25) is 0 Å². The molecule has 2 atom stereocenters. The van der Waals surface area contributed by atoms with E-state index in [2.05, 4.69) is 24.3 Å². The number of hydrogen-bond acceptors (Lipinski definition) is 1. The first-order chi connectivity index (χ1) is 4.95. The molecule has 0 spiro atoms. The summed E-state index contributed by atoms with van der Waals surface area (Å²) in [6, 6.07) is 8.56. The van der Waals surface area contributed by atoms with Crippen molar-refractivity contribution in [3.8, 4) is 0 Å². The van der Waals surface area contributed by atoms with Crippen LogP contribution in [0.3, 0.4) is 0 Å². The van der Waals surface area contributed by atoms with Crippen LogP contribution in [0.2, 0.25) is 0 Å². The molecular weight excluding hydrogens is 124 g/mol. The van der Waals surface area contributed by atoms with Crippen LogP contribution in [0, 0.1) is 0 Å². The van der Waals surface area contributed by atoms with Crippen LogP contribution in [0.1, 0.15) is 17.2 Å². The molecule has 0 radical (unpaired) electrons. The Bertz CT molecular complexity index is 280. The Kier molecular flexibility index (Phi) is 0.702. The van der Waals surface area contributed by atoms with E-state index in [0.717, 1.165) is 6.42 Å². The topological polar surface area (TPSA) is 12.5 Å². The first-order valence-electron chi connectivity index (χ1n) is 3.68. The third-order valence-electron chi connectivity index (χ3n) is 2.37. The fourth-order valence-electron chi connectivity index (χ4n) is 1.79. The molecule has 0 bridgehead atoms. The van der Waals surface area contributed by atoms with Gasteiger partial charge in [-0.2, -0.15) is 0 Å². The molecule has 2 aliphatic rings. The maximum Gasteiger partial charge on any atom is 0.110 e. The zero-order valence-electron chi connectivity index (χ0n) is 5.58. The van der Waals surface area contributed by atoms with Gasteiger partial charge in [-0.1, -0.05) is 24.3 Å². The van der Waals surface area contributed by atoms with Crippen LogP contribution in [0.5, 0.6) is 0 Å². The largest absolute Gasteiger partial charge is 0.364 e. The van der Waals surface area contributed by atoms with E-state index in [1.165, 1.54) is 11.1 Å². The van der Waals surface area contributed by atoms with Gasteiger partial charge in [0, 0.05) is 6.42 Å². The highest BCUT2D eigenvalue weighted by Crippen LogP contribution is 2.48. The molecule has 1 aromatic rings. The molecule has 1 fully saturated rings. The number of epoxide rings is 1. The molecule has 3 rings (SSSR count). The monoisotopic (exact) mass is 132 g/mol. The van der Waals surface area contributed by atoms with E-state index in [-0.39, 0.29) is 0 Å². The van der Waals surface area contributed by atoms with Gasteiger partial charge in [-0.15, -0.1) is 0 Å². The fraction of sp³-hybridized carbons (Fsp3) is 0.333. The van der Waals surface area contributed by atoms with Crippen molar-refractivity contribution < 1.29 is 4.74 Å². The van der Waals surface area contributed by atoms with Gasteiger partial charge in [-0.25, -0.2) is 0 Å². The second-order valence-electron chi connectivity index (χ2n) is 3.00. The van der Waals surface area contributed by atoms with Gasteiger partial charge >= 0.3 is 0 Å². The molecule has 0 amide bonds. The van der Waals surface area contributed by atoms with Gasteiger partial charge in [0.1, 0.15) is 6.10 Å². The highest BCUT2D eigenvalue weighted by Gasteiger charge is 2.46. The summed E-state index contributed by atoms with van der Waals surface area (Å²) < 4.78 is 5.38. The Morgan fingerprint density at radius 2 is 2.20 bits per heavy atom. The van der Waals surface area contributed by atoms with Crippen molar-refractivity contribution in [1.29, 1.82) is 0 Å². The first kappa shape index (κ1) is 4.91. The summed E-state index contributed by atoms with van der Waals surface area (Å²) in [5, 5.41) is 0. The molecule has 50 valence electrons. The number of hydrogen-bond donors (Lipinski definition) is 0. The van der Waals surface area contributed by atoms with Gasteiger partial charge in [0.05, 0.1) is 6.10 Å². The molecule has 0 unspecified atom stereocenters. The first-order valence-corrected chi connectivity index (χ1v) is 3.68. The summed E-state index contributed by atoms with van der Waals surface area (Å²) in [5.41, 5.74) is 2.91. The minimum Gasteiger partial charge on any atom is -0.364 e. The summed E-state index contributed by atoms with van der Waals surface area (Å²) >= 11 is 0. The lowest BCUT2D eigenvalue weighted by Crippen LogP contribution is -1.86. The van der Waals surface area contributed by atoms with Crippen LogP contribution in [0.4, 0.5) is 0 Å². The van der Waals surface area contributed by atoms with Gasteiger partial charge in [0.15, 0.2) is 0 Å². The third-order valence-corrected chi connectivity index (χ3v) is 2.37. The Morgan fingerprint density at radius 3 is 3.10 bits per heavy atom. The van der Waals surface area contributed by atoms with Crippen molar-refractivity contribution in [3.05, 3.63) is 35.4 Å².